The van der Waals surface area contributed by atoms with Gasteiger partial charge in [0.25, 0.3) is 0 Å². The molecule has 9 heteroatoms. The predicted octanol–water partition coefficient (Wildman–Crippen LogP) is 19.9. The van der Waals surface area contributed by atoms with Gasteiger partial charge >= 0.3 is 0 Å². The van der Waals surface area contributed by atoms with E-state index in [2.05, 4.69) is 162 Å². The highest BCUT2D eigenvalue weighted by Crippen LogP contribution is 2.32. The Morgan fingerprint density at radius 3 is 1.16 bits per heavy atom. The van der Waals surface area contributed by atoms with E-state index in [-0.39, 0.29) is 0 Å². The Bertz CT molecular complexity index is 2040. The van der Waals surface area contributed by atoms with Crippen molar-refractivity contribution < 1.29 is 33.2 Å². The fraction of sp³-hybridized carbons (Fsp3) is 0.631. The van der Waals surface area contributed by atoms with E-state index in [0.29, 0.717) is 86.7 Å². The second-order valence-electron chi connectivity index (χ2n) is 22.1. The van der Waals surface area contributed by atoms with E-state index in [1.165, 1.54) is 77.0 Å². The Kier molecular flexibility index (Phi) is 31.0. The van der Waals surface area contributed by atoms with Crippen LogP contribution >= 0.6 is 31.9 Å². The van der Waals surface area contributed by atoms with Gasteiger partial charge in [-0.25, -0.2) is 0 Å². The van der Waals surface area contributed by atoms with E-state index in [1.54, 1.807) is 0 Å². The molecular formula is C65H98Br2O7. The Balaban J connectivity index is 1.61. The van der Waals surface area contributed by atoms with Crippen molar-refractivity contribution >= 4 is 31.9 Å². The topological polar surface area (TPSA) is 64.6 Å². The van der Waals surface area contributed by atoms with Crippen molar-refractivity contribution in [2.75, 3.05) is 26.4 Å². The van der Waals surface area contributed by atoms with Crippen LogP contribution in [0.25, 0.3) is 0 Å². The lowest BCUT2D eigenvalue weighted by atomic mass is 9.98. The molecule has 0 radical (unpaired) electrons. The minimum atomic E-state index is 0.323. The van der Waals surface area contributed by atoms with Crippen LogP contribution in [0.15, 0.2) is 72.8 Å². The first-order valence-corrected chi connectivity index (χ1v) is 31.1. The summed E-state index contributed by atoms with van der Waals surface area (Å²) < 4.78 is 46.0. The SMILES string of the molecule is CCCCC(CC)COc1cc(COc2cc(COc3cc(CBr)ccc3CBr)cc(OCc3cc(OCCC(C)CCCC(C)C)cc(OCCC(C)CCCC(C)C)c3)c2)cc(OCC(CC)CCCC)c1. The largest absolute Gasteiger partial charge is 0.493 e. The molecule has 0 aromatic heterocycles. The Hall–Kier alpha value is -3.56. The predicted molar refractivity (Wildman–Crippen MR) is 318 cm³/mol. The summed E-state index contributed by atoms with van der Waals surface area (Å²) in [5.74, 6) is 9.20. The zero-order valence-electron chi connectivity index (χ0n) is 47.7. The molecule has 0 bridgehead atoms. The van der Waals surface area contributed by atoms with E-state index >= 15 is 0 Å². The van der Waals surface area contributed by atoms with Crippen molar-refractivity contribution in [1.82, 2.24) is 0 Å². The molecule has 0 aliphatic rings. The van der Waals surface area contributed by atoms with Gasteiger partial charge in [0.05, 0.1) is 26.4 Å². The third-order valence-electron chi connectivity index (χ3n) is 14.2. The molecule has 74 heavy (non-hydrogen) atoms. The van der Waals surface area contributed by atoms with E-state index in [1.807, 2.05) is 12.1 Å². The van der Waals surface area contributed by atoms with Crippen LogP contribution in [0.1, 0.15) is 200 Å². The summed E-state index contributed by atoms with van der Waals surface area (Å²) in [7, 11) is 0. The zero-order valence-corrected chi connectivity index (χ0v) is 50.9. The van der Waals surface area contributed by atoms with Gasteiger partial charge in [0, 0.05) is 34.4 Å². The molecule has 4 aromatic carbocycles. The molecule has 4 unspecified atom stereocenters. The lowest BCUT2D eigenvalue weighted by Gasteiger charge is -2.19. The van der Waals surface area contributed by atoms with E-state index in [0.717, 1.165) is 99.4 Å². The monoisotopic (exact) mass is 1150 g/mol. The average molecular weight is 1150 g/mol. The van der Waals surface area contributed by atoms with Crippen molar-refractivity contribution in [2.45, 2.75) is 202 Å². The third-order valence-corrected chi connectivity index (χ3v) is 15.5. The summed E-state index contributed by atoms with van der Waals surface area (Å²) in [5, 5.41) is 1.44. The summed E-state index contributed by atoms with van der Waals surface area (Å²) >= 11 is 7.29. The van der Waals surface area contributed by atoms with Gasteiger partial charge in [-0.05, 0) is 126 Å². The molecular weight excluding hydrogens is 1050 g/mol. The highest BCUT2D eigenvalue weighted by atomic mass is 79.9. The molecule has 4 rings (SSSR count). The number of ether oxygens (including phenoxy) is 7. The van der Waals surface area contributed by atoms with Gasteiger partial charge in [0.2, 0.25) is 0 Å². The van der Waals surface area contributed by atoms with Crippen LogP contribution in [0.3, 0.4) is 0 Å². The highest BCUT2D eigenvalue weighted by Gasteiger charge is 2.15. The van der Waals surface area contributed by atoms with E-state index < -0.39 is 0 Å². The van der Waals surface area contributed by atoms with Gasteiger partial charge < -0.3 is 33.2 Å². The van der Waals surface area contributed by atoms with Gasteiger partial charge in [0.1, 0.15) is 60.1 Å². The lowest BCUT2D eigenvalue weighted by molar-refractivity contribution is 0.221. The molecule has 0 aliphatic carbocycles. The first kappa shape index (κ1) is 63.0. The number of hydrogen-bond acceptors (Lipinski definition) is 7. The molecule has 4 aromatic rings. The summed E-state index contributed by atoms with van der Waals surface area (Å²) in [4.78, 5) is 0. The van der Waals surface area contributed by atoms with Crippen LogP contribution in [0, 0.1) is 35.5 Å². The van der Waals surface area contributed by atoms with Crippen LogP contribution in [-0.4, -0.2) is 26.4 Å². The van der Waals surface area contributed by atoms with Crippen molar-refractivity contribution in [2.24, 2.45) is 35.5 Å². The maximum Gasteiger partial charge on any atom is 0.124 e. The standard InChI is InChI=1S/C65H98Br2O7/c1-11-15-23-52(13-3)43-70-61-33-56(34-62(39-61)71-44-53(14-4)24-16-12-2)46-73-64-36-57(47-74-65-37-54(41-66)25-26-58(65)42-67)35-63(40-64)72-45-55-31-59(68-29-27-50(9)21-17-19-48(5)6)38-60(32-55)69-30-28-51(10)22-18-20-49(7)8/h25-26,31-40,48-53H,11-24,27-30,41-47H2,1-10H3. The van der Waals surface area contributed by atoms with Crippen LogP contribution in [0.2, 0.25) is 0 Å². The fourth-order valence-corrected chi connectivity index (χ4v) is 9.89. The Morgan fingerprint density at radius 2 is 0.784 bits per heavy atom. The quantitative estimate of drug-likeness (QED) is 0.0410. The van der Waals surface area contributed by atoms with Crippen LogP contribution in [0.5, 0.6) is 40.2 Å². The summed E-state index contributed by atoms with van der Waals surface area (Å²) in [6, 6.07) is 24.9. The molecule has 0 saturated carbocycles. The second-order valence-corrected chi connectivity index (χ2v) is 23.2. The summed E-state index contributed by atoms with van der Waals surface area (Å²) in [6.45, 7) is 26.6. The zero-order chi connectivity index (χ0) is 53.5. The highest BCUT2D eigenvalue weighted by molar-refractivity contribution is 9.08. The van der Waals surface area contributed by atoms with Crippen molar-refractivity contribution in [3.63, 3.8) is 0 Å². The van der Waals surface area contributed by atoms with Gasteiger partial charge in [-0.15, -0.1) is 0 Å². The smallest absolute Gasteiger partial charge is 0.124 e. The molecule has 0 fully saturated rings. The number of unbranched alkanes of at least 4 members (excludes halogenated alkanes) is 2. The minimum Gasteiger partial charge on any atom is -0.493 e. The molecule has 0 spiro atoms. The Labute approximate surface area is 467 Å². The van der Waals surface area contributed by atoms with Gasteiger partial charge in [-0.2, -0.15) is 0 Å². The first-order chi connectivity index (χ1) is 35.8. The van der Waals surface area contributed by atoms with Crippen LogP contribution in [-0.2, 0) is 30.5 Å². The first-order valence-electron chi connectivity index (χ1n) is 28.9. The van der Waals surface area contributed by atoms with Crippen molar-refractivity contribution in [3.05, 3.63) is 101 Å². The minimum absolute atomic E-state index is 0.323. The normalized spacial score (nSPS) is 13.2. The molecule has 0 heterocycles. The second kappa shape index (κ2) is 36.5. The maximum absolute atomic E-state index is 6.71. The number of benzene rings is 4. The molecule has 4 atom stereocenters. The number of hydrogen-bond donors (Lipinski definition) is 0. The van der Waals surface area contributed by atoms with Gasteiger partial charge in [-0.3, -0.25) is 0 Å². The van der Waals surface area contributed by atoms with Crippen molar-refractivity contribution in [1.29, 1.82) is 0 Å². The number of halogens is 2. The van der Waals surface area contributed by atoms with E-state index in [4.69, 9.17) is 33.2 Å². The lowest BCUT2D eigenvalue weighted by Crippen LogP contribution is -2.13. The maximum atomic E-state index is 6.71. The van der Waals surface area contributed by atoms with Gasteiger partial charge in [0.15, 0.2) is 0 Å². The average Bonchev–Trinajstić information content (AvgIpc) is 3.38. The molecule has 0 N–H and O–H groups in total. The van der Waals surface area contributed by atoms with Gasteiger partial charge in [-0.1, -0.05) is 190 Å². The molecule has 7 nitrogen and oxygen atoms in total. The summed E-state index contributed by atoms with van der Waals surface area (Å²) in [6.07, 6.45) is 18.9. The fourth-order valence-electron chi connectivity index (χ4n) is 9.08. The number of rotatable bonds is 41. The molecule has 0 aliphatic heterocycles. The molecule has 0 saturated heterocycles. The van der Waals surface area contributed by atoms with Crippen LogP contribution in [0.4, 0.5) is 0 Å². The molecule has 414 valence electrons. The molecule has 0 amide bonds. The Morgan fingerprint density at radius 1 is 0.378 bits per heavy atom. The third kappa shape index (κ3) is 25.5. The van der Waals surface area contributed by atoms with E-state index in [9.17, 15) is 0 Å². The van der Waals surface area contributed by atoms with Crippen LogP contribution < -0.4 is 33.2 Å². The summed E-state index contributed by atoms with van der Waals surface area (Å²) in [5.41, 5.74) is 5.14. The number of alkyl halides is 2. The van der Waals surface area contributed by atoms with Crippen molar-refractivity contribution in [3.8, 4) is 40.2 Å².